The fourth-order valence-electron chi connectivity index (χ4n) is 6.97. The molecule has 2 heterocycles. The number of carbonyl (C=O) groups is 2. The van der Waals surface area contributed by atoms with Crippen LogP contribution >= 0.6 is 0 Å². The summed E-state index contributed by atoms with van der Waals surface area (Å²) in [7, 11) is 9.60. The molecule has 0 bridgehead atoms. The molecule has 234 valence electrons. The monoisotopic (exact) mass is 609 g/mol. The number of aromatic nitrogens is 1. The van der Waals surface area contributed by atoms with Crippen molar-refractivity contribution in [3.63, 3.8) is 0 Å². The molecule has 2 atom stereocenters. The van der Waals surface area contributed by atoms with E-state index in [1.165, 1.54) is 24.9 Å². The molecule has 12 heteroatoms. The molecule has 2 aliphatic rings. The third-order valence-electron chi connectivity index (χ3n) is 8.76. The number of hydrogen-bond donors (Lipinski definition) is 2. The van der Waals surface area contributed by atoms with Crippen molar-refractivity contribution >= 4 is 36.5 Å². The van der Waals surface area contributed by atoms with E-state index in [1.807, 2.05) is 0 Å². The smallest absolute Gasteiger partial charge is 0.419 e. The van der Waals surface area contributed by atoms with E-state index >= 15 is 0 Å². The minimum atomic E-state index is -2.76. The quantitative estimate of drug-likeness (QED) is 0.217. The number of nitrogen functional groups attached to an aromatic ring is 1. The number of esters is 1. The number of aryl methyl sites for hydroxylation is 1. The number of anilines is 1. The number of fused-ring (bicyclic) bond motifs is 1. The number of aliphatic hydroxyl groups is 1. The molecule has 2 fully saturated rings. The number of piperidine rings is 1. The molecule has 2 radical (unpaired) electrons. The van der Waals surface area contributed by atoms with Gasteiger partial charge in [-0.3, -0.25) is 9.47 Å². The lowest BCUT2D eigenvalue weighted by molar-refractivity contribution is -0.202. The number of carbonyl (C=O) groups excluding carboxylic acids is 2. The van der Waals surface area contributed by atoms with Crippen LogP contribution in [-0.2, 0) is 15.1 Å². The van der Waals surface area contributed by atoms with Crippen LogP contribution in [0.5, 0.6) is 5.75 Å². The molecule has 1 aliphatic carbocycles. The predicted octanol–water partition coefficient (Wildman–Crippen LogP) is 5.63. The molecule has 9 nitrogen and oxygen atoms in total. The number of likely N-dealkylation sites (tertiary alicyclic amines) is 1. The summed E-state index contributed by atoms with van der Waals surface area (Å²) in [5.74, 6) is -3.05. The molecule has 5 rings (SSSR count). The van der Waals surface area contributed by atoms with E-state index in [1.54, 1.807) is 63.1 Å². The summed E-state index contributed by atoms with van der Waals surface area (Å²) in [6.45, 7) is 7.26. The van der Waals surface area contributed by atoms with Crippen molar-refractivity contribution in [2.24, 2.45) is 5.41 Å². The van der Waals surface area contributed by atoms with Crippen LogP contribution in [0, 0.1) is 12.3 Å². The minimum absolute atomic E-state index is 0.164. The molecule has 3 N–H and O–H groups in total. The number of hydrogen-bond acceptors (Lipinski definition) is 8. The molecule has 0 amide bonds. The Labute approximate surface area is 256 Å². The third-order valence-corrected chi connectivity index (χ3v) is 8.76. The van der Waals surface area contributed by atoms with Gasteiger partial charge in [-0.25, -0.2) is 18.4 Å². The lowest BCUT2D eigenvalue weighted by Crippen LogP contribution is -2.58. The number of ether oxygens (including phenoxy) is 3. The number of nitrogens with zero attached hydrogens (tertiary/aromatic N) is 2. The molecular formula is C32H38BF2N3O6. The number of alkyl halides is 2. The van der Waals surface area contributed by atoms with Gasteiger partial charge in [-0.1, -0.05) is 6.07 Å². The van der Waals surface area contributed by atoms with Gasteiger partial charge >= 0.3 is 12.1 Å². The maximum Gasteiger partial charge on any atom is 0.419 e. The summed E-state index contributed by atoms with van der Waals surface area (Å²) in [5.41, 5.74) is 5.20. The highest BCUT2D eigenvalue weighted by atomic mass is 19.3. The molecule has 3 aromatic rings. The van der Waals surface area contributed by atoms with Crippen LogP contribution in [0.3, 0.4) is 0 Å². The van der Waals surface area contributed by atoms with Crippen molar-refractivity contribution in [1.29, 1.82) is 0 Å². The Morgan fingerprint density at radius 1 is 1.14 bits per heavy atom. The van der Waals surface area contributed by atoms with Crippen LogP contribution in [-0.4, -0.2) is 66.8 Å². The maximum atomic E-state index is 14.2. The Morgan fingerprint density at radius 2 is 1.82 bits per heavy atom. The zero-order valence-corrected chi connectivity index (χ0v) is 25.9. The second kappa shape index (κ2) is 10.8. The fourth-order valence-corrected chi connectivity index (χ4v) is 6.97. The first-order chi connectivity index (χ1) is 20.4. The Balaban J connectivity index is 1.64. The van der Waals surface area contributed by atoms with Gasteiger partial charge in [0, 0.05) is 48.3 Å². The molecule has 2 unspecified atom stereocenters. The standard InChI is InChI=1S/C32H38BF2N3O6/c1-18-13-24(42-5)25(21-9-11-37(26(18)21)28(40)44-29(2,3)4)32(33,41)38-12-10-30(16-31(34,35)17-30)15-23(38)20-8-7-19(14-22(20)36)27(39)43-6/h7-9,11,13-14,23,41H,10,12,15-17,36H2,1-6H3. The molecular weight excluding hydrogens is 571 g/mol. The van der Waals surface area contributed by atoms with Crippen molar-refractivity contribution in [3.05, 3.63) is 58.8 Å². The number of halogens is 2. The molecule has 1 aromatic heterocycles. The van der Waals surface area contributed by atoms with Gasteiger partial charge in [-0.05, 0) is 81.3 Å². The van der Waals surface area contributed by atoms with E-state index in [-0.39, 0.29) is 48.4 Å². The normalized spacial score (nSPS) is 21.0. The number of benzene rings is 2. The van der Waals surface area contributed by atoms with E-state index < -0.39 is 40.7 Å². The topological polar surface area (TPSA) is 116 Å². The van der Waals surface area contributed by atoms with Crippen LogP contribution in [0.2, 0.25) is 0 Å². The second-order valence-corrected chi connectivity index (χ2v) is 13.1. The first-order valence-corrected chi connectivity index (χ1v) is 14.5. The van der Waals surface area contributed by atoms with E-state index in [0.29, 0.717) is 28.5 Å². The van der Waals surface area contributed by atoms with Crippen LogP contribution in [0.25, 0.3) is 10.9 Å². The second-order valence-electron chi connectivity index (χ2n) is 13.1. The molecule has 1 saturated carbocycles. The zero-order valence-electron chi connectivity index (χ0n) is 25.9. The molecule has 1 saturated heterocycles. The highest BCUT2D eigenvalue weighted by Crippen LogP contribution is 2.62. The van der Waals surface area contributed by atoms with Gasteiger partial charge < -0.3 is 25.1 Å². The summed E-state index contributed by atoms with van der Waals surface area (Å²) in [4.78, 5) is 26.9. The fraction of sp³-hybridized carbons (Fsp3) is 0.500. The minimum Gasteiger partial charge on any atom is -0.496 e. The molecule has 1 spiro atoms. The average molecular weight is 609 g/mol. The van der Waals surface area contributed by atoms with Gasteiger partial charge in [-0.15, -0.1) is 0 Å². The Morgan fingerprint density at radius 3 is 2.39 bits per heavy atom. The van der Waals surface area contributed by atoms with Crippen molar-refractivity contribution < 1.29 is 37.7 Å². The zero-order chi connectivity index (χ0) is 32.4. The molecule has 1 aliphatic heterocycles. The summed E-state index contributed by atoms with van der Waals surface area (Å²) < 4.78 is 45.9. The van der Waals surface area contributed by atoms with Gasteiger partial charge in [0.1, 0.15) is 24.8 Å². The van der Waals surface area contributed by atoms with Crippen molar-refractivity contribution in [3.8, 4) is 5.75 Å². The van der Waals surface area contributed by atoms with Gasteiger partial charge in [0.25, 0.3) is 0 Å². The molecule has 44 heavy (non-hydrogen) atoms. The van der Waals surface area contributed by atoms with Crippen molar-refractivity contribution in [2.75, 3.05) is 26.5 Å². The Hall–Kier alpha value is -3.64. The summed E-state index contributed by atoms with van der Waals surface area (Å²) >= 11 is 0. The summed E-state index contributed by atoms with van der Waals surface area (Å²) in [5, 5.41) is 12.8. The lowest BCUT2D eigenvalue weighted by atomic mass is 9.58. The van der Waals surface area contributed by atoms with Gasteiger partial charge in [-0.2, -0.15) is 0 Å². The summed E-state index contributed by atoms with van der Waals surface area (Å²) in [6, 6.07) is 7.31. The van der Waals surface area contributed by atoms with Crippen LogP contribution in [0.4, 0.5) is 19.3 Å². The van der Waals surface area contributed by atoms with Crippen molar-refractivity contribution in [2.45, 2.75) is 76.6 Å². The Kier molecular flexibility index (Phi) is 7.77. The number of rotatable bonds is 5. The van der Waals surface area contributed by atoms with Crippen LogP contribution in [0.1, 0.15) is 79.5 Å². The third kappa shape index (κ3) is 5.54. The lowest BCUT2D eigenvalue weighted by Gasteiger charge is -2.57. The first-order valence-electron chi connectivity index (χ1n) is 14.5. The predicted molar refractivity (Wildman–Crippen MR) is 162 cm³/mol. The van der Waals surface area contributed by atoms with Gasteiger partial charge in [0.2, 0.25) is 5.92 Å². The van der Waals surface area contributed by atoms with Crippen LogP contribution in [0.15, 0.2) is 36.5 Å². The number of nitrogens with two attached hydrogens (primary N) is 1. The van der Waals surface area contributed by atoms with Gasteiger partial charge in [0.05, 0.1) is 25.3 Å². The SMILES string of the molecule is [B]C(O)(c1c(OC)cc(C)c2c1ccn2C(=O)OC(C)(C)C)N1CCC2(CC1c1ccc(C(=O)OC)cc1N)CC(F)(F)C2. The average Bonchev–Trinajstić information content (AvgIpc) is 3.35. The summed E-state index contributed by atoms with van der Waals surface area (Å²) in [6.07, 6.45) is 1.02. The largest absolute Gasteiger partial charge is 0.496 e. The van der Waals surface area contributed by atoms with Gasteiger partial charge in [0.15, 0.2) is 0 Å². The van der Waals surface area contributed by atoms with Crippen LogP contribution < -0.4 is 10.5 Å². The maximum absolute atomic E-state index is 14.2. The number of methoxy groups -OCH3 is 2. The first kappa shape index (κ1) is 31.8. The van der Waals surface area contributed by atoms with E-state index in [4.69, 9.17) is 27.8 Å². The van der Waals surface area contributed by atoms with E-state index in [9.17, 15) is 23.5 Å². The Bertz CT molecular complexity index is 1620. The van der Waals surface area contributed by atoms with E-state index in [2.05, 4.69) is 0 Å². The highest BCUT2D eigenvalue weighted by Gasteiger charge is 2.60. The highest BCUT2D eigenvalue weighted by molar-refractivity contribution is 6.16. The van der Waals surface area contributed by atoms with E-state index in [0.717, 1.165) is 0 Å². The van der Waals surface area contributed by atoms with Crippen molar-refractivity contribution in [1.82, 2.24) is 9.47 Å². The molecule has 2 aromatic carbocycles.